The van der Waals surface area contributed by atoms with Crippen molar-refractivity contribution < 1.29 is 4.74 Å². The van der Waals surface area contributed by atoms with Gasteiger partial charge in [-0.25, -0.2) is 0 Å². The maximum Gasteiger partial charge on any atom is 0.151 e. The second kappa shape index (κ2) is 5.27. The standard InChI is InChI=1S/C12H10Cl2N2O/c13-8-5-6-9(14)12(7-8)17-11-4-2-1-3-10(11)16-15/h1-7,16H,15H2. The molecule has 3 N–H and O–H groups in total. The Hall–Kier alpha value is -1.42. The molecule has 3 nitrogen and oxygen atoms in total. The van der Waals surface area contributed by atoms with Gasteiger partial charge in [0.2, 0.25) is 0 Å². The summed E-state index contributed by atoms with van der Waals surface area (Å²) in [6.45, 7) is 0. The van der Waals surface area contributed by atoms with Gasteiger partial charge in [-0.2, -0.15) is 0 Å². The monoisotopic (exact) mass is 268 g/mol. The molecule has 2 rings (SSSR count). The molecule has 0 saturated heterocycles. The highest BCUT2D eigenvalue weighted by Gasteiger charge is 2.07. The van der Waals surface area contributed by atoms with Crippen LogP contribution in [0, 0.1) is 0 Å². The van der Waals surface area contributed by atoms with Crippen molar-refractivity contribution in [2.45, 2.75) is 0 Å². The van der Waals surface area contributed by atoms with Gasteiger partial charge < -0.3 is 10.2 Å². The number of nitrogen functional groups attached to an aromatic ring is 1. The van der Waals surface area contributed by atoms with Crippen LogP contribution in [0.1, 0.15) is 0 Å². The number of hydrogen-bond donors (Lipinski definition) is 2. The molecule has 0 atom stereocenters. The van der Waals surface area contributed by atoms with E-state index in [1.807, 2.05) is 12.1 Å². The maximum atomic E-state index is 6.01. The number of hydrazine groups is 1. The van der Waals surface area contributed by atoms with Gasteiger partial charge in [-0.15, -0.1) is 0 Å². The van der Waals surface area contributed by atoms with Gasteiger partial charge in [0, 0.05) is 11.1 Å². The zero-order valence-electron chi connectivity index (χ0n) is 8.78. The van der Waals surface area contributed by atoms with Crippen LogP contribution in [-0.4, -0.2) is 0 Å². The van der Waals surface area contributed by atoms with Crippen LogP contribution in [-0.2, 0) is 0 Å². The molecular weight excluding hydrogens is 259 g/mol. The number of rotatable bonds is 3. The molecule has 0 amide bonds. The smallest absolute Gasteiger partial charge is 0.151 e. The van der Waals surface area contributed by atoms with Crippen molar-refractivity contribution in [3.8, 4) is 11.5 Å². The van der Waals surface area contributed by atoms with E-state index in [4.69, 9.17) is 33.8 Å². The van der Waals surface area contributed by atoms with E-state index >= 15 is 0 Å². The number of halogens is 2. The Kier molecular flexibility index (Phi) is 3.74. The van der Waals surface area contributed by atoms with Gasteiger partial charge >= 0.3 is 0 Å². The summed E-state index contributed by atoms with van der Waals surface area (Å²) in [5, 5.41) is 1.05. The zero-order valence-corrected chi connectivity index (χ0v) is 10.3. The van der Waals surface area contributed by atoms with Crippen LogP contribution in [0.15, 0.2) is 42.5 Å². The first-order valence-electron chi connectivity index (χ1n) is 4.89. The van der Waals surface area contributed by atoms with Crippen LogP contribution >= 0.6 is 23.2 Å². The summed E-state index contributed by atoms with van der Waals surface area (Å²) in [7, 11) is 0. The third-order valence-corrected chi connectivity index (χ3v) is 2.70. The van der Waals surface area contributed by atoms with Crippen molar-refractivity contribution in [3.63, 3.8) is 0 Å². The summed E-state index contributed by atoms with van der Waals surface area (Å²) in [5.74, 6) is 6.45. The molecule has 0 radical (unpaired) electrons. The quantitative estimate of drug-likeness (QED) is 0.652. The lowest BCUT2D eigenvalue weighted by Gasteiger charge is -2.11. The van der Waals surface area contributed by atoms with E-state index in [1.54, 1.807) is 30.3 Å². The summed E-state index contributed by atoms with van der Waals surface area (Å²) in [6.07, 6.45) is 0. The molecule has 0 aliphatic rings. The Balaban J connectivity index is 2.34. The molecule has 0 fully saturated rings. The highest BCUT2D eigenvalue weighted by molar-refractivity contribution is 6.34. The molecule has 0 spiro atoms. The van der Waals surface area contributed by atoms with Gasteiger partial charge in [0.05, 0.1) is 10.7 Å². The molecular formula is C12H10Cl2N2O. The molecule has 0 aromatic heterocycles. The predicted octanol–water partition coefficient (Wildman–Crippen LogP) is 4.07. The molecule has 0 heterocycles. The van der Waals surface area contributed by atoms with E-state index in [9.17, 15) is 0 Å². The minimum absolute atomic E-state index is 0.487. The number of benzene rings is 2. The molecule has 0 aliphatic carbocycles. The van der Waals surface area contributed by atoms with Gasteiger partial charge in [0.25, 0.3) is 0 Å². The topological polar surface area (TPSA) is 47.3 Å². The largest absolute Gasteiger partial charge is 0.454 e. The fraction of sp³-hybridized carbons (Fsp3) is 0. The van der Waals surface area contributed by atoms with E-state index in [2.05, 4.69) is 5.43 Å². The number of nitrogens with one attached hydrogen (secondary N) is 1. The Labute approximate surface area is 109 Å². The summed E-state index contributed by atoms with van der Waals surface area (Å²) in [6, 6.07) is 12.3. The third kappa shape index (κ3) is 2.82. The molecule has 88 valence electrons. The number of hydrogen-bond acceptors (Lipinski definition) is 3. The zero-order chi connectivity index (χ0) is 12.3. The summed E-state index contributed by atoms with van der Waals surface area (Å²) < 4.78 is 5.65. The first-order chi connectivity index (χ1) is 8.20. The van der Waals surface area contributed by atoms with Crippen LogP contribution < -0.4 is 16.0 Å². The van der Waals surface area contributed by atoms with Crippen molar-refractivity contribution in [2.75, 3.05) is 5.43 Å². The van der Waals surface area contributed by atoms with Crippen molar-refractivity contribution in [2.24, 2.45) is 5.84 Å². The SMILES string of the molecule is NNc1ccccc1Oc1cc(Cl)ccc1Cl. The lowest BCUT2D eigenvalue weighted by molar-refractivity contribution is 0.485. The van der Waals surface area contributed by atoms with Crippen molar-refractivity contribution in [1.29, 1.82) is 0 Å². The van der Waals surface area contributed by atoms with Crippen molar-refractivity contribution in [3.05, 3.63) is 52.5 Å². The summed E-state index contributed by atoms with van der Waals surface area (Å²) in [4.78, 5) is 0. The van der Waals surface area contributed by atoms with Crippen molar-refractivity contribution >= 4 is 28.9 Å². The molecule has 5 heteroatoms. The Morgan fingerprint density at radius 3 is 2.53 bits per heavy atom. The highest BCUT2D eigenvalue weighted by Crippen LogP contribution is 2.34. The van der Waals surface area contributed by atoms with Gasteiger partial charge in [0.15, 0.2) is 5.75 Å². The molecule has 0 saturated carbocycles. The summed E-state index contributed by atoms with van der Waals surface area (Å²) in [5.41, 5.74) is 3.22. The molecule has 0 aliphatic heterocycles. The van der Waals surface area contributed by atoms with Crippen LogP contribution in [0.25, 0.3) is 0 Å². The minimum Gasteiger partial charge on any atom is -0.454 e. The number of anilines is 1. The minimum atomic E-state index is 0.487. The Morgan fingerprint density at radius 2 is 1.76 bits per heavy atom. The van der Waals surface area contributed by atoms with E-state index in [1.165, 1.54) is 0 Å². The molecule has 2 aromatic carbocycles. The number of para-hydroxylation sites is 2. The highest BCUT2D eigenvalue weighted by atomic mass is 35.5. The van der Waals surface area contributed by atoms with Gasteiger partial charge in [-0.3, -0.25) is 5.84 Å². The normalized spacial score (nSPS) is 10.1. The number of nitrogens with two attached hydrogens (primary N) is 1. The molecule has 0 bridgehead atoms. The van der Waals surface area contributed by atoms with E-state index in [-0.39, 0.29) is 0 Å². The maximum absolute atomic E-state index is 6.01. The van der Waals surface area contributed by atoms with Gasteiger partial charge in [-0.05, 0) is 24.3 Å². The van der Waals surface area contributed by atoms with E-state index in [0.29, 0.717) is 27.2 Å². The lowest BCUT2D eigenvalue weighted by atomic mass is 10.3. The predicted molar refractivity (Wildman–Crippen MR) is 70.8 cm³/mol. The molecule has 17 heavy (non-hydrogen) atoms. The first kappa shape index (κ1) is 12.0. The Bertz CT molecular complexity index is 532. The van der Waals surface area contributed by atoms with Crippen LogP contribution in [0.4, 0.5) is 5.69 Å². The fourth-order valence-corrected chi connectivity index (χ4v) is 1.67. The Morgan fingerprint density at radius 1 is 1.00 bits per heavy atom. The molecule has 2 aromatic rings. The van der Waals surface area contributed by atoms with Gasteiger partial charge in [0.1, 0.15) is 5.75 Å². The second-order valence-corrected chi connectivity index (χ2v) is 4.16. The van der Waals surface area contributed by atoms with E-state index in [0.717, 1.165) is 0 Å². The van der Waals surface area contributed by atoms with Crippen LogP contribution in [0.3, 0.4) is 0 Å². The van der Waals surface area contributed by atoms with Crippen LogP contribution in [0.2, 0.25) is 10.0 Å². The first-order valence-corrected chi connectivity index (χ1v) is 5.65. The fourth-order valence-electron chi connectivity index (χ4n) is 1.35. The van der Waals surface area contributed by atoms with E-state index < -0.39 is 0 Å². The average Bonchev–Trinajstić information content (AvgIpc) is 2.34. The van der Waals surface area contributed by atoms with Gasteiger partial charge in [-0.1, -0.05) is 35.3 Å². The van der Waals surface area contributed by atoms with Crippen molar-refractivity contribution in [1.82, 2.24) is 0 Å². The number of ether oxygens (including phenoxy) is 1. The lowest BCUT2D eigenvalue weighted by Crippen LogP contribution is -2.07. The second-order valence-electron chi connectivity index (χ2n) is 3.32. The summed E-state index contributed by atoms with van der Waals surface area (Å²) >= 11 is 11.9. The third-order valence-electron chi connectivity index (χ3n) is 2.16. The average molecular weight is 269 g/mol. The molecule has 0 unspecified atom stereocenters. The van der Waals surface area contributed by atoms with Crippen LogP contribution in [0.5, 0.6) is 11.5 Å².